The highest BCUT2D eigenvalue weighted by molar-refractivity contribution is 5.81. The van der Waals surface area contributed by atoms with Crippen LogP contribution in [0.25, 0.3) is 0 Å². The van der Waals surface area contributed by atoms with Crippen molar-refractivity contribution in [3.8, 4) is 0 Å². The first-order valence-electron chi connectivity index (χ1n) is 5.84. The number of hydrogen-bond donors (Lipinski definition) is 1. The molecular weight excluding hydrogens is 216 g/mol. The zero-order chi connectivity index (χ0) is 12.1. The van der Waals surface area contributed by atoms with E-state index in [2.05, 4.69) is 5.32 Å². The van der Waals surface area contributed by atoms with Crippen molar-refractivity contribution in [2.75, 3.05) is 19.6 Å². The van der Waals surface area contributed by atoms with Gasteiger partial charge in [-0.2, -0.15) is 0 Å². The van der Waals surface area contributed by atoms with Crippen molar-refractivity contribution in [3.05, 3.63) is 35.9 Å². The molecule has 0 aliphatic carbocycles. The number of hydrogen-bond acceptors (Lipinski definition) is 2. The van der Waals surface area contributed by atoms with Crippen LogP contribution in [0, 0.1) is 0 Å². The van der Waals surface area contributed by atoms with E-state index in [1.807, 2.05) is 30.3 Å². The van der Waals surface area contributed by atoms with Crippen LogP contribution < -0.4 is 5.32 Å². The molecule has 1 fully saturated rings. The molecule has 17 heavy (non-hydrogen) atoms. The van der Waals surface area contributed by atoms with Gasteiger partial charge in [0.15, 0.2) is 0 Å². The van der Waals surface area contributed by atoms with Crippen LogP contribution in [0.2, 0.25) is 0 Å². The second-order valence-electron chi connectivity index (χ2n) is 4.14. The van der Waals surface area contributed by atoms with E-state index < -0.39 is 0 Å². The molecular formula is C13H16N2O2. The van der Waals surface area contributed by atoms with Crippen LogP contribution in [0.1, 0.15) is 12.0 Å². The van der Waals surface area contributed by atoms with E-state index in [-0.39, 0.29) is 11.8 Å². The minimum atomic E-state index is 0.0278. The van der Waals surface area contributed by atoms with Gasteiger partial charge in [0.05, 0.1) is 6.42 Å². The molecule has 0 atom stereocenters. The third-order valence-electron chi connectivity index (χ3n) is 2.86. The molecule has 1 saturated heterocycles. The minimum Gasteiger partial charge on any atom is -0.354 e. The van der Waals surface area contributed by atoms with Crippen molar-refractivity contribution < 1.29 is 9.59 Å². The number of nitrogens with one attached hydrogen (secondary N) is 1. The van der Waals surface area contributed by atoms with Crippen LogP contribution >= 0.6 is 0 Å². The maximum atomic E-state index is 12.0. The van der Waals surface area contributed by atoms with Crippen LogP contribution in [0.15, 0.2) is 30.3 Å². The van der Waals surface area contributed by atoms with Crippen molar-refractivity contribution in [2.24, 2.45) is 0 Å². The van der Waals surface area contributed by atoms with Crippen molar-refractivity contribution in [1.29, 1.82) is 0 Å². The van der Waals surface area contributed by atoms with E-state index in [0.717, 1.165) is 5.56 Å². The number of amides is 2. The molecule has 4 heteroatoms. The molecule has 1 heterocycles. The molecule has 1 aromatic rings. The number of rotatable bonds is 2. The maximum absolute atomic E-state index is 12.0. The Balaban J connectivity index is 1.93. The fraction of sp³-hybridized carbons (Fsp3) is 0.385. The third kappa shape index (κ3) is 3.31. The lowest BCUT2D eigenvalue weighted by Crippen LogP contribution is -2.35. The van der Waals surface area contributed by atoms with E-state index in [9.17, 15) is 9.59 Å². The number of benzene rings is 1. The zero-order valence-corrected chi connectivity index (χ0v) is 9.69. The summed E-state index contributed by atoms with van der Waals surface area (Å²) >= 11 is 0. The minimum absolute atomic E-state index is 0.0278. The number of carbonyl (C=O) groups is 2. The van der Waals surface area contributed by atoms with Gasteiger partial charge in [0.1, 0.15) is 0 Å². The molecule has 0 radical (unpaired) electrons. The molecule has 0 saturated carbocycles. The second-order valence-corrected chi connectivity index (χ2v) is 4.14. The van der Waals surface area contributed by atoms with E-state index in [0.29, 0.717) is 32.5 Å². The lowest BCUT2D eigenvalue weighted by Gasteiger charge is -2.19. The quantitative estimate of drug-likeness (QED) is 0.810. The monoisotopic (exact) mass is 232 g/mol. The molecule has 1 aromatic carbocycles. The maximum Gasteiger partial charge on any atom is 0.227 e. The number of nitrogens with zero attached hydrogens (tertiary/aromatic N) is 1. The molecule has 1 N–H and O–H groups in total. The van der Waals surface area contributed by atoms with Gasteiger partial charge in [0.2, 0.25) is 11.8 Å². The smallest absolute Gasteiger partial charge is 0.227 e. The highest BCUT2D eigenvalue weighted by Crippen LogP contribution is 2.04. The summed E-state index contributed by atoms with van der Waals surface area (Å²) in [7, 11) is 0. The Morgan fingerprint density at radius 3 is 2.76 bits per heavy atom. The van der Waals surface area contributed by atoms with Gasteiger partial charge in [-0.25, -0.2) is 0 Å². The summed E-state index contributed by atoms with van der Waals surface area (Å²) in [5.41, 5.74) is 1.01. The normalized spacial score (nSPS) is 16.2. The summed E-state index contributed by atoms with van der Waals surface area (Å²) in [6.07, 6.45) is 0.815. The van der Waals surface area contributed by atoms with Gasteiger partial charge >= 0.3 is 0 Å². The average molecular weight is 232 g/mol. The molecule has 2 rings (SSSR count). The van der Waals surface area contributed by atoms with E-state index in [1.165, 1.54) is 0 Å². The largest absolute Gasteiger partial charge is 0.354 e. The SMILES string of the molecule is O=C1CCN(C(=O)Cc2ccccc2)CCN1. The van der Waals surface area contributed by atoms with Crippen molar-refractivity contribution in [3.63, 3.8) is 0 Å². The summed E-state index contributed by atoms with van der Waals surface area (Å²) < 4.78 is 0. The summed E-state index contributed by atoms with van der Waals surface area (Å²) in [6, 6.07) is 9.67. The lowest BCUT2D eigenvalue weighted by atomic mass is 10.1. The van der Waals surface area contributed by atoms with Gasteiger partial charge in [-0.1, -0.05) is 30.3 Å². The summed E-state index contributed by atoms with van der Waals surface area (Å²) in [6.45, 7) is 1.69. The fourth-order valence-electron chi connectivity index (χ4n) is 1.90. The van der Waals surface area contributed by atoms with E-state index >= 15 is 0 Å². The zero-order valence-electron chi connectivity index (χ0n) is 9.69. The second kappa shape index (κ2) is 5.48. The Morgan fingerprint density at radius 2 is 2.00 bits per heavy atom. The van der Waals surface area contributed by atoms with Crippen molar-refractivity contribution >= 4 is 11.8 Å². The molecule has 90 valence electrons. The van der Waals surface area contributed by atoms with Crippen LogP contribution in [-0.2, 0) is 16.0 Å². The third-order valence-corrected chi connectivity index (χ3v) is 2.86. The van der Waals surface area contributed by atoms with Gasteiger partial charge in [0.25, 0.3) is 0 Å². The molecule has 0 bridgehead atoms. The predicted molar refractivity (Wildman–Crippen MR) is 64.4 cm³/mol. The van der Waals surface area contributed by atoms with Gasteiger partial charge in [-0.15, -0.1) is 0 Å². The van der Waals surface area contributed by atoms with Crippen LogP contribution in [0.3, 0.4) is 0 Å². The highest BCUT2D eigenvalue weighted by Gasteiger charge is 2.18. The molecule has 0 spiro atoms. The average Bonchev–Trinajstić information content (AvgIpc) is 2.55. The van der Waals surface area contributed by atoms with Gasteiger partial charge in [-0.3, -0.25) is 9.59 Å². The van der Waals surface area contributed by atoms with Crippen LogP contribution in [0.5, 0.6) is 0 Å². The van der Waals surface area contributed by atoms with Gasteiger partial charge in [0, 0.05) is 26.1 Å². The molecule has 1 aliphatic rings. The van der Waals surface area contributed by atoms with Gasteiger partial charge in [-0.05, 0) is 5.56 Å². The van der Waals surface area contributed by atoms with E-state index in [4.69, 9.17) is 0 Å². The van der Waals surface area contributed by atoms with Crippen LogP contribution in [0.4, 0.5) is 0 Å². The highest BCUT2D eigenvalue weighted by atomic mass is 16.2. The standard InChI is InChI=1S/C13H16N2O2/c16-12-6-8-15(9-7-14-12)13(17)10-11-4-2-1-3-5-11/h1-5H,6-10H2,(H,14,16). The Kier molecular flexibility index (Phi) is 3.75. The number of carbonyl (C=O) groups excluding carboxylic acids is 2. The molecule has 4 nitrogen and oxygen atoms in total. The first-order chi connectivity index (χ1) is 8.25. The Morgan fingerprint density at radius 1 is 1.24 bits per heavy atom. The lowest BCUT2D eigenvalue weighted by molar-refractivity contribution is -0.130. The molecule has 1 aliphatic heterocycles. The van der Waals surface area contributed by atoms with Crippen molar-refractivity contribution in [2.45, 2.75) is 12.8 Å². The Hall–Kier alpha value is -1.84. The summed E-state index contributed by atoms with van der Waals surface area (Å²) in [5.74, 6) is 0.118. The molecule has 2 amide bonds. The Bertz CT molecular complexity index is 403. The van der Waals surface area contributed by atoms with Gasteiger partial charge < -0.3 is 10.2 Å². The first-order valence-corrected chi connectivity index (χ1v) is 5.84. The summed E-state index contributed by atoms with van der Waals surface area (Å²) in [5, 5.41) is 2.76. The Labute approximate surface area is 101 Å². The van der Waals surface area contributed by atoms with E-state index in [1.54, 1.807) is 4.90 Å². The van der Waals surface area contributed by atoms with Crippen molar-refractivity contribution in [1.82, 2.24) is 10.2 Å². The fourth-order valence-corrected chi connectivity index (χ4v) is 1.90. The first kappa shape index (κ1) is 11.6. The topological polar surface area (TPSA) is 49.4 Å². The molecule has 0 aromatic heterocycles. The predicted octanol–water partition coefficient (Wildman–Crippen LogP) is 0.578. The van der Waals surface area contributed by atoms with Crippen LogP contribution in [-0.4, -0.2) is 36.3 Å². The summed E-state index contributed by atoms with van der Waals surface area (Å²) in [4.78, 5) is 24.9. The molecule has 0 unspecified atom stereocenters.